The third-order valence-corrected chi connectivity index (χ3v) is 3.87. The standard InChI is InChI=1S/C16H22N2O4/c1-18-7-3-4-15(18)16(20)17-14-6-5-12(9-22-11-19)8-13(14)10-21-2/h5-6,8,11,15H,3-4,7,9-10H2,1-2H3,(H,17,20). The number of rotatable bonds is 7. The second-order valence-corrected chi connectivity index (χ2v) is 5.46. The number of amides is 1. The van der Waals surface area contributed by atoms with E-state index in [0.29, 0.717) is 13.1 Å². The van der Waals surface area contributed by atoms with Crippen molar-refractivity contribution in [1.82, 2.24) is 4.90 Å². The van der Waals surface area contributed by atoms with E-state index in [1.165, 1.54) is 0 Å². The van der Waals surface area contributed by atoms with Crippen molar-refractivity contribution >= 4 is 18.1 Å². The summed E-state index contributed by atoms with van der Waals surface area (Å²) in [6.07, 6.45) is 1.93. The molecule has 6 nitrogen and oxygen atoms in total. The van der Waals surface area contributed by atoms with Crippen LogP contribution in [-0.4, -0.2) is 44.0 Å². The molecule has 1 saturated heterocycles. The summed E-state index contributed by atoms with van der Waals surface area (Å²) in [5.41, 5.74) is 2.46. The Hall–Kier alpha value is -1.92. The van der Waals surface area contributed by atoms with E-state index in [1.807, 2.05) is 25.2 Å². The van der Waals surface area contributed by atoms with Crippen LogP contribution in [0.5, 0.6) is 0 Å². The van der Waals surface area contributed by atoms with Gasteiger partial charge in [-0.1, -0.05) is 6.07 Å². The van der Waals surface area contributed by atoms with Gasteiger partial charge in [0.2, 0.25) is 5.91 Å². The van der Waals surface area contributed by atoms with Crippen molar-refractivity contribution < 1.29 is 19.1 Å². The quantitative estimate of drug-likeness (QED) is 0.774. The molecule has 1 aliphatic rings. The molecule has 1 amide bonds. The van der Waals surface area contributed by atoms with Gasteiger partial charge in [-0.15, -0.1) is 0 Å². The summed E-state index contributed by atoms with van der Waals surface area (Å²) in [4.78, 5) is 24.7. The van der Waals surface area contributed by atoms with E-state index in [0.717, 1.165) is 36.2 Å². The Kier molecular flexibility index (Phi) is 5.91. The zero-order valence-electron chi connectivity index (χ0n) is 13.0. The molecule has 0 aromatic heterocycles. The van der Waals surface area contributed by atoms with Crippen molar-refractivity contribution in [3.05, 3.63) is 29.3 Å². The Bertz CT molecular complexity index is 533. The van der Waals surface area contributed by atoms with E-state index < -0.39 is 0 Å². The monoisotopic (exact) mass is 306 g/mol. The van der Waals surface area contributed by atoms with Crippen LogP contribution in [0.2, 0.25) is 0 Å². The molecule has 22 heavy (non-hydrogen) atoms. The zero-order valence-corrected chi connectivity index (χ0v) is 13.0. The number of ether oxygens (including phenoxy) is 2. The van der Waals surface area contributed by atoms with Gasteiger partial charge < -0.3 is 14.8 Å². The molecule has 0 bridgehead atoms. The molecule has 6 heteroatoms. The summed E-state index contributed by atoms with van der Waals surface area (Å²) in [6.45, 7) is 1.96. The van der Waals surface area contributed by atoms with Gasteiger partial charge in [-0.2, -0.15) is 0 Å². The molecular formula is C16H22N2O4. The minimum atomic E-state index is -0.0755. The lowest BCUT2D eigenvalue weighted by molar-refractivity contribution is -0.129. The number of nitrogens with one attached hydrogen (secondary N) is 1. The molecular weight excluding hydrogens is 284 g/mol. The Morgan fingerprint density at radius 3 is 2.91 bits per heavy atom. The normalized spacial score (nSPS) is 18.2. The Morgan fingerprint density at radius 1 is 1.45 bits per heavy atom. The second kappa shape index (κ2) is 7.91. The van der Waals surface area contributed by atoms with E-state index in [-0.39, 0.29) is 18.6 Å². The summed E-state index contributed by atoms with van der Waals surface area (Å²) in [5, 5.41) is 2.98. The number of likely N-dealkylation sites (tertiary alicyclic amines) is 1. The first-order chi connectivity index (χ1) is 10.7. The summed E-state index contributed by atoms with van der Waals surface area (Å²) in [5.74, 6) is 0.00856. The van der Waals surface area contributed by atoms with E-state index in [1.54, 1.807) is 7.11 Å². The molecule has 0 saturated carbocycles. The van der Waals surface area contributed by atoms with Gasteiger partial charge in [-0.25, -0.2) is 0 Å². The number of methoxy groups -OCH3 is 1. The van der Waals surface area contributed by atoms with Crippen molar-refractivity contribution in [1.29, 1.82) is 0 Å². The highest BCUT2D eigenvalue weighted by Gasteiger charge is 2.28. The third-order valence-electron chi connectivity index (χ3n) is 3.87. The van der Waals surface area contributed by atoms with E-state index >= 15 is 0 Å². The van der Waals surface area contributed by atoms with Gasteiger partial charge in [0, 0.05) is 18.4 Å². The molecule has 1 atom stereocenters. The number of likely N-dealkylation sites (N-methyl/N-ethyl adjacent to an activating group) is 1. The van der Waals surface area contributed by atoms with Crippen LogP contribution in [0.4, 0.5) is 5.69 Å². The van der Waals surface area contributed by atoms with Gasteiger partial charge in [-0.3, -0.25) is 14.5 Å². The minimum Gasteiger partial charge on any atom is -0.463 e. The first-order valence-corrected chi connectivity index (χ1v) is 7.32. The maximum Gasteiger partial charge on any atom is 0.293 e. The fraction of sp³-hybridized carbons (Fsp3) is 0.500. The minimum absolute atomic E-state index is 0.00856. The smallest absolute Gasteiger partial charge is 0.293 e. The number of nitrogens with zero attached hydrogens (tertiary/aromatic N) is 1. The molecule has 0 spiro atoms. The highest BCUT2D eigenvalue weighted by atomic mass is 16.5. The number of hydrogen-bond acceptors (Lipinski definition) is 5. The molecule has 1 N–H and O–H groups in total. The average molecular weight is 306 g/mol. The van der Waals surface area contributed by atoms with Crippen LogP contribution in [-0.2, 0) is 32.3 Å². The van der Waals surface area contributed by atoms with Crippen LogP contribution in [0.3, 0.4) is 0 Å². The molecule has 1 unspecified atom stereocenters. The lowest BCUT2D eigenvalue weighted by atomic mass is 10.1. The van der Waals surface area contributed by atoms with Gasteiger partial charge >= 0.3 is 0 Å². The molecule has 120 valence electrons. The summed E-state index contributed by atoms with van der Waals surface area (Å²) in [6, 6.07) is 5.45. The Balaban J connectivity index is 2.11. The topological polar surface area (TPSA) is 67.9 Å². The molecule has 1 heterocycles. The maximum absolute atomic E-state index is 12.4. The third kappa shape index (κ3) is 4.05. The van der Waals surface area contributed by atoms with E-state index in [2.05, 4.69) is 10.2 Å². The number of benzene rings is 1. The Labute approximate surface area is 130 Å². The fourth-order valence-electron chi connectivity index (χ4n) is 2.72. The van der Waals surface area contributed by atoms with Crippen LogP contribution in [0.15, 0.2) is 18.2 Å². The highest BCUT2D eigenvalue weighted by Crippen LogP contribution is 2.22. The summed E-state index contributed by atoms with van der Waals surface area (Å²) >= 11 is 0. The van der Waals surface area contributed by atoms with Gasteiger partial charge in [-0.05, 0) is 44.1 Å². The largest absolute Gasteiger partial charge is 0.463 e. The van der Waals surface area contributed by atoms with E-state index in [9.17, 15) is 9.59 Å². The fourth-order valence-corrected chi connectivity index (χ4v) is 2.72. The van der Waals surface area contributed by atoms with Gasteiger partial charge in [0.25, 0.3) is 6.47 Å². The van der Waals surface area contributed by atoms with Crippen LogP contribution >= 0.6 is 0 Å². The van der Waals surface area contributed by atoms with Crippen molar-refractivity contribution in [3.63, 3.8) is 0 Å². The number of anilines is 1. The first kappa shape index (κ1) is 16.5. The van der Waals surface area contributed by atoms with E-state index in [4.69, 9.17) is 9.47 Å². The van der Waals surface area contributed by atoms with Crippen LogP contribution in [0, 0.1) is 0 Å². The molecule has 2 rings (SSSR count). The second-order valence-electron chi connectivity index (χ2n) is 5.46. The van der Waals surface area contributed by atoms with Crippen LogP contribution in [0.25, 0.3) is 0 Å². The van der Waals surface area contributed by atoms with Crippen molar-refractivity contribution in [2.75, 3.05) is 26.0 Å². The lowest BCUT2D eigenvalue weighted by Gasteiger charge is -2.20. The Morgan fingerprint density at radius 2 is 2.27 bits per heavy atom. The van der Waals surface area contributed by atoms with Gasteiger partial charge in [0.1, 0.15) is 6.61 Å². The first-order valence-electron chi connectivity index (χ1n) is 7.32. The predicted octanol–water partition coefficient (Wildman–Crippen LogP) is 1.54. The molecule has 0 aliphatic carbocycles. The SMILES string of the molecule is COCc1cc(COC=O)ccc1NC(=O)C1CCCN1C. The molecule has 1 aromatic carbocycles. The maximum atomic E-state index is 12.4. The summed E-state index contributed by atoms with van der Waals surface area (Å²) < 4.78 is 9.94. The lowest BCUT2D eigenvalue weighted by Crippen LogP contribution is -2.37. The van der Waals surface area contributed by atoms with Crippen LogP contribution < -0.4 is 5.32 Å². The average Bonchev–Trinajstić information content (AvgIpc) is 2.94. The molecule has 1 aliphatic heterocycles. The number of carbonyl (C=O) groups is 2. The molecule has 1 fully saturated rings. The predicted molar refractivity (Wildman–Crippen MR) is 82.3 cm³/mol. The van der Waals surface area contributed by atoms with Crippen molar-refractivity contribution in [2.24, 2.45) is 0 Å². The molecule has 0 radical (unpaired) electrons. The number of hydrogen-bond donors (Lipinski definition) is 1. The highest BCUT2D eigenvalue weighted by molar-refractivity contribution is 5.95. The zero-order chi connectivity index (χ0) is 15.9. The summed E-state index contributed by atoms with van der Waals surface area (Å²) in [7, 11) is 3.57. The van der Waals surface area contributed by atoms with Crippen LogP contribution in [0.1, 0.15) is 24.0 Å². The van der Waals surface area contributed by atoms with Gasteiger partial charge in [0.15, 0.2) is 0 Å². The van der Waals surface area contributed by atoms with Gasteiger partial charge in [0.05, 0.1) is 12.6 Å². The number of carbonyl (C=O) groups excluding carboxylic acids is 2. The van der Waals surface area contributed by atoms with Crippen molar-refractivity contribution in [2.45, 2.75) is 32.1 Å². The molecule has 1 aromatic rings. The van der Waals surface area contributed by atoms with Crippen molar-refractivity contribution in [3.8, 4) is 0 Å².